The average molecular weight is 243 g/mol. The number of para-hydroxylation sites is 1. The molecule has 0 amide bonds. The molecule has 2 rings (SSSR count). The molecule has 1 aromatic heterocycles. The summed E-state index contributed by atoms with van der Waals surface area (Å²) in [5, 5.41) is 3.72. The summed E-state index contributed by atoms with van der Waals surface area (Å²) in [7, 11) is 0. The minimum absolute atomic E-state index is 0.260. The quantitative estimate of drug-likeness (QED) is 0.444. The van der Waals surface area contributed by atoms with Crippen molar-refractivity contribution < 1.29 is 4.74 Å². The van der Waals surface area contributed by atoms with Gasteiger partial charge in [0.1, 0.15) is 5.75 Å². The number of hydrogen-bond acceptors (Lipinski definition) is 3. The van der Waals surface area contributed by atoms with Crippen molar-refractivity contribution in [1.29, 1.82) is 0 Å². The van der Waals surface area contributed by atoms with Crippen LogP contribution in [0.4, 0.5) is 0 Å². The van der Waals surface area contributed by atoms with E-state index < -0.39 is 0 Å². The maximum Gasteiger partial charge on any atom is 0.119 e. The third-order valence-electron chi connectivity index (χ3n) is 2.38. The molecule has 0 aliphatic rings. The number of aromatic nitrogens is 2. The van der Waals surface area contributed by atoms with Gasteiger partial charge in [-0.1, -0.05) is 23.3 Å². The van der Waals surface area contributed by atoms with Crippen LogP contribution < -0.4 is 4.74 Å². The molecule has 2 aromatic rings. The van der Waals surface area contributed by atoms with E-state index in [9.17, 15) is 0 Å². The Hall–Kier alpha value is -2.46. The molecule has 0 bridgehead atoms. The molecule has 6 nitrogen and oxygen atoms in total. The zero-order valence-electron chi connectivity index (χ0n) is 9.75. The SMILES string of the molecule is [N-]=[N+]=N[C@H](COc1ccccc1)Cn1ccnc1. The van der Waals surface area contributed by atoms with E-state index in [1.807, 2.05) is 41.1 Å². The fraction of sp³-hybridized carbons (Fsp3) is 0.250. The smallest absolute Gasteiger partial charge is 0.119 e. The molecule has 0 spiro atoms. The van der Waals surface area contributed by atoms with Gasteiger partial charge in [0.25, 0.3) is 0 Å². The van der Waals surface area contributed by atoms with E-state index in [2.05, 4.69) is 15.0 Å². The van der Waals surface area contributed by atoms with Crippen molar-refractivity contribution >= 4 is 0 Å². The summed E-state index contributed by atoms with van der Waals surface area (Å²) in [6.45, 7) is 0.892. The van der Waals surface area contributed by atoms with Crippen molar-refractivity contribution in [3.8, 4) is 5.75 Å². The topological polar surface area (TPSA) is 75.8 Å². The summed E-state index contributed by atoms with van der Waals surface area (Å²) in [6, 6.07) is 9.18. The summed E-state index contributed by atoms with van der Waals surface area (Å²) in [5.41, 5.74) is 8.54. The van der Waals surface area contributed by atoms with Gasteiger partial charge in [0.15, 0.2) is 0 Å². The molecular formula is C12H13N5O. The van der Waals surface area contributed by atoms with E-state index >= 15 is 0 Å². The Kier molecular flexibility index (Phi) is 4.22. The first-order valence-corrected chi connectivity index (χ1v) is 5.56. The lowest BCUT2D eigenvalue weighted by Gasteiger charge is -2.13. The number of benzene rings is 1. The van der Waals surface area contributed by atoms with Crippen LogP contribution in [0.3, 0.4) is 0 Å². The Bertz CT molecular complexity index is 505. The van der Waals surface area contributed by atoms with Crippen molar-refractivity contribution in [1.82, 2.24) is 9.55 Å². The monoisotopic (exact) mass is 243 g/mol. The second kappa shape index (κ2) is 6.32. The Morgan fingerprint density at radius 2 is 2.22 bits per heavy atom. The van der Waals surface area contributed by atoms with Gasteiger partial charge in [-0.15, -0.1) is 0 Å². The van der Waals surface area contributed by atoms with Crippen LogP contribution in [-0.4, -0.2) is 22.2 Å². The fourth-order valence-corrected chi connectivity index (χ4v) is 1.54. The highest BCUT2D eigenvalue weighted by Gasteiger charge is 2.08. The lowest BCUT2D eigenvalue weighted by Crippen LogP contribution is -2.21. The molecule has 1 aromatic carbocycles. The maximum absolute atomic E-state index is 8.54. The molecule has 1 heterocycles. The largest absolute Gasteiger partial charge is 0.493 e. The summed E-state index contributed by atoms with van der Waals surface area (Å²) in [4.78, 5) is 6.78. The van der Waals surface area contributed by atoms with Crippen LogP contribution in [0, 0.1) is 0 Å². The third kappa shape index (κ3) is 3.54. The first-order chi connectivity index (χ1) is 8.88. The van der Waals surface area contributed by atoms with Crippen molar-refractivity contribution in [3.05, 3.63) is 59.5 Å². The summed E-state index contributed by atoms with van der Waals surface area (Å²) in [5.74, 6) is 0.765. The minimum Gasteiger partial charge on any atom is -0.493 e. The van der Waals surface area contributed by atoms with Gasteiger partial charge >= 0.3 is 0 Å². The lowest BCUT2D eigenvalue weighted by molar-refractivity contribution is 0.275. The minimum atomic E-state index is -0.260. The number of nitrogens with zero attached hydrogens (tertiary/aromatic N) is 5. The molecule has 0 saturated heterocycles. The van der Waals surface area contributed by atoms with Gasteiger partial charge in [-0.25, -0.2) is 4.98 Å². The van der Waals surface area contributed by atoms with Gasteiger partial charge in [-0.05, 0) is 17.7 Å². The third-order valence-corrected chi connectivity index (χ3v) is 2.38. The molecule has 0 aliphatic carbocycles. The van der Waals surface area contributed by atoms with Gasteiger partial charge in [0.05, 0.1) is 19.0 Å². The van der Waals surface area contributed by atoms with Gasteiger partial charge in [-0.2, -0.15) is 0 Å². The molecule has 6 heteroatoms. The van der Waals surface area contributed by atoms with Crippen LogP contribution in [0.2, 0.25) is 0 Å². The molecule has 0 radical (unpaired) electrons. The number of hydrogen-bond donors (Lipinski definition) is 0. The second-order valence-corrected chi connectivity index (χ2v) is 3.74. The predicted octanol–water partition coefficient (Wildman–Crippen LogP) is 2.64. The number of ether oxygens (including phenoxy) is 1. The molecule has 0 saturated carbocycles. The maximum atomic E-state index is 8.54. The van der Waals surface area contributed by atoms with Crippen molar-refractivity contribution in [3.63, 3.8) is 0 Å². The van der Waals surface area contributed by atoms with Crippen molar-refractivity contribution in [2.45, 2.75) is 12.6 Å². The first-order valence-electron chi connectivity index (χ1n) is 5.56. The van der Waals surface area contributed by atoms with E-state index in [0.717, 1.165) is 5.75 Å². The van der Waals surface area contributed by atoms with E-state index in [1.54, 1.807) is 12.5 Å². The van der Waals surface area contributed by atoms with Gasteiger partial charge in [0, 0.05) is 23.9 Å². The van der Waals surface area contributed by atoms with E-state index in [-0.39, 0.29) is 6.04 Å². The van der Waals surface area contributed by atoms with Crippen molar-refractivity contribution in [2.24, 2.45) is 5.11 Å². The van der Waals surface area contributed by atoms with Crippen LogP contribution in [0.15, 0.2) is 54.2 Å². The zero-order valence-corrected chi connectivity index (χ0v) is 9.75. The Morgan fingerprint density at radius 3 is 2.89 bits per heavy atom. The summed E-state index contributed by atoms with van der Waals surface area (Å²) >= 11 is 0. The molecule has 0 fully saturated rings. The highest BCUT2D eigenvalue weighted by Crippen LogP contribution is 2.10. The standard InChI is InChI=1S/C12H13N5O/c13-16-15-11(8-17-7-6-14-10-17)9-18-12-4-2-1-3-5-12/h1-7,10-11H,8-9H2/t11-/m0/s1. The lowest BCUT2D eigenvalue weighted by atomic mass is 10.3. The van der Waals surface area contributed by atoms with E-state index in [1.165, 1.54) is 0 Å². The van der Waals surface area contributed by atoms with E-state index in [4.69, 9.17) is 10.3 Å². The molecule has 18 heavy (non-hydrogen) atoms. The highest BCUT2D eigenvalue weighted by atomic mass is 16.5. The van der Waals surface area contributed by atoms with Crippen molar-refractivity contribution in [2.75, 3.05) is 6.61 Å². The van der Waals surface area contributed by atoms with E-state index in [0.29, 0.717) is 13.2 Å². The molecule has 0 aliphatic heterocycles. The van der Waals surface area contributed by atoms with Crippen LogP contribution in [0.5, 0.6) is 5.75 Å². The average Bonchev–Trinajstić information content (AvgIpc) is 2.90. The second-order valence-electron chi connectivity index (χ2n) is 3.74. The Balaban J connectivity index is 1.92. The van der Waals surface area contributed by atoms with Gasteiger partial charge < -0.3 is 9.30 Å². The normalized spacial score (nSPS) is 11.6. The highest BCUT2D eigenvalue weighted by molar-refractivity contribution is 5.20. The Morgan fingerprint density at radius 1 is 1.39 bits per heavy atom. The molecule has 1 atom stereocenters. The molecule has 0 N–H and O–H groups in total. The summed E-state index contributed by atoms with van der Waals surface area (Å²) < 4.78 is 7.43. The van der Waals surface area contributed by atoms with Crippen LogP contribution in [0.25, 0.3) is 10.4 Å². The number of azide groups is 1. The van der Waals surface area contributed by atoms with Crippen LogP contribution >= 0.6 is 0 Å². The summed E-state index contributed by atoms with van der Waals surface area (Å²) in [6.07, 6.45) is 5.19. The first kappa shape index (κ1) is 12.0. The molecule has 0 unspecified atom stereocenters. The zero-order chi connectivity index (χ0) is 12.6. The Labute approximate surface area is 104 Å². The number of imidazole rings is 1. The molecular weight excluding hydrogens is 230 g/mol. The predicted molar refractivity (Wildman–Crippen MR) is 67.1 cm³/mol. The molecule has 92 valence electrons. The van der Waals surface area contributed by atoms with Crippen LogP contribution in [-0.2, 0) is 6.54 Å². The van der Waals surface area contributed by atoms with Gasteiger partial charge in [0.2, 0.25) is 0 Å². The number of rotatable bonds is 6. The van der Waals surface area contributed by atoms with Crippen LogP contribution in [0.1, 0.15) is 0 Å². The fourth-order valence-electron chi connectivity index (χ4n) is 1.54. The van der Waals surface area contributed by atoms with Gasteiger partial charge in [-0.3, -0.25) is 0 Å².